The molecule has 0 atom stereocenters. The van der Waals surface area contributed by atoms with Gasteiger partial charge < -0.3 is 15.5 Å². The average molecular weight is 443 g/mol. The molecule has 0 aliphatic heterocycles. The smallest absolute Gasteiger partial charge is 0.240 e. The fraction of sp³-hybridized carbons (Fsp3) is 0.478. The molecule has 8 heteroatoms. The highest BCUT2D eigenvalue weighted by Gasteiger charge is 2.23. The number of hydrogen-bond acceptors (Lipinski definition) is 5. The number of anilines is 2. The van der Waals surface area contributed by atoms with Gasteiger partial charge in [-0.3, -0.25) is 14.4 Å². The first kappa shape index (κ1) is 22.9. The molecule has 2 aromatic rings. The molecule has 3 rings (SSSR count). The van der Waals surface area contributed by atoms with Crippen LogP contribution in [0.2, 0.25) is 0 Å². The zero-order chi connectivity index (χ0) is 22.2. The van der Waals surface area contributed by atoms with Gasteiger partial charge >= 0.3 is 0 Å². The maximum Gasteiger partial charge on any atom is 0.240 e. The third kappa shape index (κ3) is 6.89. The van der Waals surface area contributed by atoms with Gasteiger partial charge in [-0.1, -0.05) is 31.4 Å². The summed E-state index contributed by atoms with van der Waals surface area (Å²) in [5.74, 6) is -0.675. The fourth-order valence-corrected chi connectivity index (χ4v) is 4.35. The number of rotatable bonds is 8. The Kier molecular flexibility index (Phi) is 8.17. The monoisotopic (exact) mass is 442 g/mol. The SMILES string of the molecule is Cc1ccc(C)c(N(CC(=O)NC2CCCCC2)C(=O)CCC(=O)Nc2nccs2)c1. The van der Waals surface area contributed by atoms with Gasteiger partial charge in [-0.15, -0.1) is 11.3 Å². The largest absolute Gasteiger partial charge is 0.352 e. The molecule has 1 heterocycles. The van der Waals surface area contributed by atoms with E-state index in [1.54, 1.807) is 11.6 Å². The lowest BCUT2D eigenvalue weighted by Gasteiger charge is -2.27. The van der Waals surface area contributed by atoms with E-state index in [2.05, 4.69) is 15.6 Å². The Morgan fingerprint density at radius 3 is 2.58 bits per heavy atom. The summed E-state index contributed by atoms with van der Waals surface area (Å²) in [6.07, 6.45) is 7.09. The summed E-state index contributed by atoms with van der Waals surface area (Å²) in [7, 11) is 0. The average Bonchev–Trinajstić information content (AvgIpc) is 3.26. The Morgan fingerprint density at radius 2 is 1.87 bits per heavy atom. The molecule has 31 heavy (non-hydrogen) atoms. The van der Waals surface area contributed by atoms with E-state index >= 15 is 0 Å². The van der Waals surface area contributed by atoms with E-state index in [-0.39, 0.29) is 43.1 Å². The van der Waals surface area contributed by atoms with Crippen LogP contribution in [0.5, 0.6) is 0 Å². The predicted octanol–water partition coefficient (Wildman–Crippen LogP) is 3.96. The summed E-state index contributed by atoms with van der Waals surface area (Å²) in [6.45, 7) is 3.83. The molecule has 2 N–H and O–H groups in total. The molecule has 1 saturated carbocycles. The van der Waals surface area contributed by atoms with Gasteiger partial charge in [0.1, 0.15) is 6.54 Å². The molecule has 166 valence electrons. The second-order valence-corrected chi connectivity index (χ2v) is 8.95. The van der Waals surface area contributed by atoms with Crippen molar-refractivity contribution in [3.63, 3.8) is 0 Å². The molecule has 1 aliphatic carbocycles. The first-order valence-corrected chi connectivity index (χ1v) is 11.7. The number of carbonyl (C=O) groups is 3. The van der Waals surface area contributed by atoms with E-state index < -0.39 is 0 Å². The van der Waals surface area contributed by atoms with E-state index in [9.17, 15) is 14.4 Å². The summed E-state index contributed by atoms with van der Waals surface area (Å²) in [5.41, 5.74) is 2.63. The van der Waals surface area contributed by atoms with Gasteiger partial charge in [0.15, 0.2) is 5.13 Å². The van der Waals surface area contributed by atoms with Crippen LogP contribution in [0.25, 0.3) is 0 Å². The highest BCUT2D eigenvalue weighted by molar-refractivity contribution is 7.13. The minimum atomic E-state index is -0.268. The molecule has 0 saturated heterocycles. The van der Waals surface area contributed by atoms with Gasteiger partial charge in [0.25, 0.3) is 0 Å². The van der Waals surface area contributed by atoms with Crippen LogP contribution in [0.3, 0.4) is 0 Å². The number of aromatic nitrogens is 1. The van der Waals surface area contributed by atoms with Crippen LogP contribution in [-0.4, -0.2) is 35.3 Å². The van der Waals surface area contributed by atoms with Crippen molar-refractivity contribution in [3.05, 3.63) is 40.9 Å². The highest BCUT2D eigenvalue weighted by Crippen LogP contribution is 2.23. The molecule has 7 nitrogen and oxygen atoms in total. The van der Waals surface area contributed by atoms with Crippen LogP contribution in [0, 0.1) is 13.8 Å². The van der Waals surface area contributed by atoms with Crippen molar-refractivity contribution in [2.75, 3.05) is 16.8 Å². The van der Waals surface area contributed by atoms with E-state index in [1.165, 1.54) is 22.7 Å². The molecule has 0 bridgehead atoms. The Hall–Kier alpha value is -2.74. The van der Waals surface area contributed by atoms with Crippen molar-refractivity contribution in [1.29, 1.82) is 0 Å². The Balaban J connectivity index is 1.67. The molecule has 0 radical (unpaired) electrons. The molecule has 1 aromatic carbocycles. The van der Waals surface area contributed by atoms with Crippen molar-refractivity contribution in [3.8, 4) is 0 Å². The van der Waals surface area contributed by atoms with Crippen molar-refractivity contribution in [2.24, 2.45) is 0 Å². The van der Waals surface area contributed by atoms with Gasteiger partial charge in [-0.2, -0.15) is 0 Å². The second kappa shape index (κ2) is 11.0. The van der Waals surface area contributed by atoms with Crippen molar-refractivity contribution < 1.29 is 14.4 Å². The minimum absolute atomic E-state index is 0.0152. The van der Waals surface area contributed by atoms with Gasteiger partial charge in [0.05, 0.1) is 0 Å². The minimum Gasteiger partial charge on any atom is -0.352 e. The zero-order valence-corrected chi connectivity index (χ0v) is 19.0. The Bertz CT molecular complexity index is 908. The first-order valence-electron chi connectivity index (χ1n) is 10.8. The normalized spacial score (nSPS) is 14.1. The standard InChI is InChI=1S/C23H30N4O3S/c1-16-8-9-17(2)19(14-16)27(15-21(29)25-18-6-4-3-5-7-18)22(30)11-10-20(28)26-23-24-12-13-31-23/h8-9,12-14,18H,3-7,10-11,15H2,1-2H3,(H,25,29)(H,24,26,28). The third-order valence-electron chi connectivity index (χ3n) is 5.47. The summed E-state index contributed by atoms with van der Waals surface area (Å²) >= 11 is 1.33. The van der Waals surface area contributed by atoms with Crippen molar-refractivity contribution in [1.82, 2.24) is 10.3 Å². The van der Waals surface area contributed by atoms with E-state index in [1.807, 2.05) is 32.0 Å². The van der Waals surface area contributed by atoms with Crippen molar-refractivity contribution >= 4 is 39.9 Å². The number of thiazole rings is 1. The molecule has 0 unspecified atom stereocenters. The van der Waals surface area contributed by atoms with Gasteiger partial charge in [0, 0.05) is 36.1 Å². The molecule has 3 amide bonds. The molecule has 0 spiro atoms. The number of benzene rings is 1. The van der Waals surface area contributed by atoms with Gasteiger partial charge in [-0.25, -0.2) is 4.98 Å². The summed E-state index contributed by atoms with van der Waals surface area (Å²) in [4.78, 5) is 43.6. The summed E-state index contributed by atoms with van der Waals surface area (Å²) in [5, 5.41) is 8.06. The molecule has 1 aromatic heterocycles. The summed E-state index contributed by atoms with van der Waals surface area (Å²) in [6, 6.07) is 6.02. The van der Waals surface area contributed by atoms with E-state index in [4.69, 9.17) is 0 Å². The molecule has 1 aliphatic rings. The maximum absolute atomic E-state index is 13.1. The number of hydrogen-bond donors (Lipinski definition) is 2. The topological polar surface area (TPSA) is 91.4 Å². The Morgan fingerprint density at radius 1 is 1.10 bits per heavy atom. The van der Waals surface area contributed by atoms with Crippen LogP contribution < -0.4 is 15.5 Å². The van der Waals surface area contributed by atoms with E-state index in [0.717, 1.165) is 36.8 Å². The summed E-state index contributed by atoms with van der Waals surface area (Å²) < 4.78 is 0. The lowest BCUT2D eigenvalue weighted by molar-refractivity contribution is -0.125. The number of nitrogens with zero attached hydrogens (tertiary/aromatic N) is 2. The fourth-order valence-electron chi connectivity index (χ4n) is 3.80. The van der Waals surface area contributed by atoms with Gasteiger partial charge in [0.2, 0.25) is 17.7 Å². The maximum atomic E-state index is 13.1. The van der Waals surface area contributed by atoms with Crippen LogP contribution >= 0.6 is 11.3 Å². The molecular formula is C23H30N4O3S. The second-order valence-electron chi connectivity index (χ2n) is 8.06. The molecule has 1 fully saturated rings. The predicted molar refractivity (Wildman–Crippen MR) is 123 cm³/mol. The number of nitrogens with one attached hydrogen (secondary N) is 2. The number of aryl methyl sites for hydroxylation is 2. The zero-order valence-electron chi connectivity index (χ0n) is 18.1. The van der Waals surface area contributed by atoms with Crippen LogP contribution in [0.15, 0.2) is 29.8 Å². The molecular weight excluding hydrogens is 412 g/mol. The lowest BCUT2D eigenvalue weighted by atomic mass is 9.95. The Labute approximate surface area is 187 Å². The highest BCUT2D eigenvalue weighted by atomic mass is 32.1. The third-order valence-corrected chi connectivity index (χ3v) is 6.16. The first-order chi connectivity index (χ1) is 14.9. The van der Waals surface area contributed by atoms with Gasteiger partial charge in [-0.05, 0) is 43.9 Å². The van der Waals surface area contributed by atoms with Crippen LogP contribution in [0.1, 0.15) is 56.1 Å². The van der Waals surface area contributed by atoms with Crippen LogP contribution in [-0.2, 0) is 14.4 Å². The number of amides is 3. The number of carbonyl (C=O) groups excluding carboxylic acids is 3. The van der Waals surface area contributed by atoms with Crippen molar-refractivity contribution in [2.45, 2.75) is 64.8 Å². The van der Waals surface area contributed by atoms with Crippen LogP contribution in [0.4, 0.5) is 10.8 Å². The quantitative estimate of drug-likeness (QED) is 0.647. The lowest BCUT2D eigenvalue weighted by Crippen LogP contribution is -2.45. The van der Waals surface area contributed by atoms with E-state index in [0.29, 0.717) is 10.8 Å².